The van der Waals surface area contributed by atoms with Crippen LogP contribution in [-0.2, 0) is 9.47 Å². The van der Waals surface area contributed by atoms with Crippen molar-refractivity contribution in [3.8, 4) is 0 Å². The summed E-state index contributed by atoms with van der Waals surface area (Å²) < 4.78 is 10.3. The highest BCUT2D eigenvalue weighted by Crippen LogP contribution is 2.03. The fourth-order valence-corrected chi connectivity index (χ4v) is 1.57. The van der Waals surface area contributed by atoms with Gasteiger partial charge in [0.15, 0.2) is 0 Å². The highest BCUT2D eigenvalue weighted by atomic mass is 16.5. The van der Waals surface area contributed by atoms with Gasteiger partial charge in [0.25, 0.3) is 0 Å². The van der Waals surface area contributed by atoms with Crippen LogP contribution >= 0.6 is 0 Å². The van der Waals surface area contributed by atoms with E-state index in [1.807, 2.05) is 0 Å². The Bertz CT molecular complexity index is 199. The van der Waals surface area contributed by atoms with Crippen molar-refractivity contribution in [1.82, 2.24) is 10.2 Å². The van der Waals surface area contributed by atoms with E-state index in [1.54, 1.807) is 6.92 Å². The predicted octanol–water partition coefficient (Wildman–Crippen LogP) is 0.453. The zero-order valence-electron chi connectivity index (χ0n) is 9.49. The molecule has 0 aromatic rings. The van der Waals surface area contributed by atoms with Crippen LogP contribution in [0.3, 0.4) is 0 Å². The van der Waals surface area contributed by atoms with Gasteiger partial charge >= 0.3 is 6.09 Å². The van der Waals surface area contributed by atoms with E-state index < -0.39 is 0 Å². The number of hydrogen-bond acceptors (Lipinski definition) is 4. The summed E-state index contributed by atoms with van der Waals surface area (Å²) in [6, 6.07) is 0. The SMILES string of the molecule is CCOC(=O)NCC1CN(CC)CCO1. The fraction of sp³-hybridized carbons (Fsp3) is 0.900. The number of nitrogens with one attached hydrogen (secondary N) is 1. The molecule has 0 spiro atoms. The van der Waals surface area contributed by atoms with E-state index in [0.29, 0.717) is 13.2 Å². The molecular formula is C10H20N2O3. The summed E-state index contributed by atoms with van der Waals surface area (Å²) in [4.78, 5) is 13.3. The first kappa shape index (κ1) is 12.3. The van der Waals surface area contributed by atoms with Crippen LogP contribution in [0, 0.1) is 0 Å². The molecule has 1 saturated heterocycles. The smallest absolute Gasteiger partial charge is 0.407 e. The molecule has 15 heavy (non-hydrogen) atoms. The third kappa shape index (κ3) is 4.48. The van der Waals surface area contributed by atoms with Crippen LogP contribution in [0.4, 0.5) is 4.79 Å². The molecule has 0 aromatic heterocycles. The molecule has 5 heteroatoms. The zero-order chi connectivity index (χ0) is 11.1. The van der Waals surface area contributed by atoms with Crippen LogP contribution < -0.4 is 5.32 Å². The minimum absolute atomic E-state index is 0.0862. The monoisotopic (exact) mass is 216 g/mol. The molecule has 0 bridgehead atoms. The lowest BCUT2D eigenvalue weighted by molar-refractivity contribution is -0.0250. The molecule has 0 saturated carbocycles. The lowest BCUT2D eigenvalue weighted by Crippen LogP contribution is -2.47. The normalized spacial score (nSPS) is 22.4. The van der Waals surface area contributed by atoms with Gasteiger partial charge in [-0.1, -0.05) is 6.92 Å². The largest absolute Gasteiger partial charge is 0.450 e. The highest BCUT2D eigenvalue weighted by molar-refractivity contribution is 5.67. The van der Waals surface area contributed by atoms with Gasteiger partial charge in [-0.05, 0) is 13.5 Å². The third-order valence-corrected chi connectivity index (χ3v) is 2.42. The van der Waals surface area contributed by atoms with Gasteiger partial charge in [-0.3, -0.25) is 4.90 Å². The summed E-state index contributed by atoms with van der Waals surface area (Å²) >= 11 is 0. The highest BCUT2D eigenvalue weighted by Gasteiger charge is 2.19. The Balaban J connectivity index is 2.17. The number of nitrogens with zero attached hydrogens (tertiary/aromatic N) is 1. The summed E-state index contributed by atoms with van der Waals surface area (Å²) in [7, 11) is 0. The average Bonchev–Trinajstić information content (AvgIpc) is 2.27. The van der Waals surface area contributed by atoms with Crippen LogP contribution in [0.25, 0.3) is 0 Å². The Kier molecular flexibility index (Phi) is 5.42. The van der Waals surface area contributed by atoms with Gasteiger partial charge in [0, 0.05) is 19.6 Å². The summed E-state index contributed by atoms with van der Waals surface area (Å²) in [6.07, 6.45) is -0.280. The maximum atomic E-state index is 11.0. The Morgan fingerprint density at radius 3 is 3.07 bits per heavy atom. The number of rotatable bonds is 4. The molecule has 5 nitrogen and oxygen atoms in total. The molecule has 0 aromatic carbocycles. The topological polar surface area (TPSA) is 50.8 Å². The second kappa shape index (κ2) is 6.63. The Labute approximate surface area is 90.7 Å². The number of carbonyl (C=O) groups excluding carboxylic acids is 1. The molecule has 1 atom stereocenters. The van der Waals surface area contributed by atoms with Crippen molar-refractivity contribution in [1.29, 1.82) is 0 Å². The number of likely N-dealkylation sites (N-methyl/N-ethyl adjacent to an activating group) is 1. The van der Waals surface area contributed by atoms with E-state index in [1.165, 1.54) is 0 Å². The molecule has 1 fully saturated rings. The van der Waals surface area contributed by atoms with Gasteiger partial charge in [-0.2, -0.15) is 0 Å². The molecule has 1 N–H and O–H groups in total. The van der Waals surface area contributed by atoms with Crippen molar-refractivity contribution in [2.75, 3.05) is 39.4 Å². The van der Waals surface area contributed by atoms with Gasteiger partial charge in [0.2, 0.25) is 0 Å². The van der Waals surface area contributed by atoms with Crippen LogP contribution in [0.1, 0.15) is 13.8 Å². The number of ether oxygens (including phenoxy) is 2. The van der Waals surface area contributed by atoms with Crippen LogP contribution in [0.15, 0.2) is 0 Å². The summed E-state index contributed by atoms with van der Waals surface area (Å²) in [6.45, 7) is 8.46. The van der Waals surface area contributed by atoms with E-state index in [0.717, 1.165) is 26.2 Å². The first-order chi connectivity index (χ1) is 7.26. The molecule has 1 aliphatic heterocycles. The van der Waals surface area contributed by atoms with Crippen LogP contribution in [-0.4, -0.2) is 56.5 Å². The van der Waals surface area contributed by atoms with Gasteiger partial charge in [-0.25, -0.2) is 4.79 Å². The predicted molar refractivity (Wildman–Crippen MR) is 56.9 cm³/mol. The van der Waals surface area contributed by atoms with Gasteiger partial charge < -0.3 is 14.8 Å². The molecule has 88 valence electrons. The van der Waals surface area contributed by atoms with Crippen LogP contribution in [0.2, 0.25) is 0 Å². The lowest BCUT2D eigenvalue weighted by Gasteiger charge is -2.31. The van der Waals surface area contributed by atoms with E-state index >= 15 is 0 Å². The lowest BCUT2D eigenvalue weighted by atomic mass is 10.2. The van der Waals surface area contributed by atoms with Crippen molar-refractivity contribution in [2.45, 2.75) is 20.0 Å². The van der Waals surface area contributed by atoms with Crippen LogP contribution in [0.5, 0.6) is 0 Å². The Morgan fingerprint density at radius 1 is 1.60 bits per heavy atom. The molecule has 1 amide bonds. The van der Waals surface area contributed by atoms with Crippen molar-refractivity contribution in [2.24, 2.45) is 0 Å². The van der Waals surface area contributed by atoms with Gasteiger partial charge in [0.05, 0.1) is 19.3 Å². The minimum atomic E-state index is -0.366. The molecule has 0 aliphatic carbocycles. The maximum absolute atomic E-state index is 11.0. The first-order valence-electron chi connectivity index (χ1n) is 5.50. The molecule has 1 unspecified atom stereocenters. The van der Waals surface area contributed by atoms with Crippen molar-refractivity contribution in [3.63, 3.8) is 0 Å². The maximum Gasteiger partial charge on any atom is 0.407 e. The number of hydrogen-bond donors (Lipinski definition) is 1. The minimum Gasteiger partial charge on any atom is -0.450 e. The zero-order valence-corrected chi connectivity index (χ0v) is 9.49. The molecule has 1 rings (SSSR count). The Morgan fingerprint density at radius 2 is 2.40 bits per heavy atom. The quantitative estimate of drug-likeness (QED) is 0.741. The molecule has 1 heterocycles. The third-order valence-electron chi connectivity index (χ3n) is 2.42. The average molecular weight is 216 g/mol. The van der Waals surface area contributed by atoms with Gasteiger partial charge in [0.1, 0.15) is 0 Å². The number of alkyl carbamates (subject to hydrolysis) is 1. The van der Waals surface area contributed by atoms with E-state index in [-0.39, 0.29) is 12.2 Å². The van der Waals surface area contributed by atoms with Crippen molar-refractivity contribution >= 4 is 6.09 Å². The second-order valence-corrected chi connectivity index (χ2v) is 3.49. The summed E-state index contributed by atoms with van der Waals surface area (Å²) in [5, 5.41) is 2.69. The van der Waals surface area contributed by atoms with E-state index in [9.17, 15) is 4.79 Å². The van der Waals surface area contributed by atoms with Crippen molar-refractivity contribution in [3.05, 3.63) is 0 Å². The standard InChI is InChI=1S/C10H20N2O3/c1-3-12-5-6-15-9(8-12)7-11-10(13)14-4-2/h9H,3-8H2,1-2H3,(H,11,13). The van der Waals surface area contributed by atoms with Crippen molar-refractivity contribution < 1.29 is 14.3 Å². The van der Waals surface area contributed by atoms with E-state index in [2.05, 4.69) is 17.1 Å². The molecular weight excluding hydrogens is 196 g/mol. The second-order valence-electron chi connectivity index (χ2n) is 3.49. The molecule has 1 aliphatic rings. The summed E-state index contributed by atoms with van der Waals surface area (Å²) in [5.74, 6) is 0. The van der Waals surface area contributed by atoms with E-state index in [4.69, 9.17) is 9.47 Å². The molecule has 0 radical (unpaired) electrons. The fourth-order valence-electron chi connectivity index (χ4n) is 1.57. The first-order valence-corrected chi connectivity index (χ1v) is 5.50. The number of carbonyl (C=O) groups is 1. The summed E-state index contributed by atoms with van der Waals surface area (Å²) in [5.41, 5.74) is 0. The number of morpholine rings is 1. The number of amides is 1. The Hall–Kier alpha value is -0.810. The van der Waals surface area contributed by atoms with Gasteiger partial charge in [-0.15, -0.1) is 0 Å².